The summed E-state index contributed by atoms with van der Waals surface area (Å²) in [4.78, 5) is 22.5. The molecular formula is C17H13N3OS3. The molecule has 120 valence electrons. The van der Waals surface area contributed by atoms with Gasteiger partial charge in [-0.2, -0.15) is 0 Å². The fourth-order valence-electron chi connectivity index (χ4n) is 2.58. The summed E-state index contributed by atoms with van der Waals surface area (Å²) in [5, 5.41) is 3.76. The highest BCUT2D eigenvalue weighted by molar-refractivity contribution is 7.71. The second-order valence-electron chi connectivity index (χ2n) is 5.38. The van der Waals surface area contributed by atoms with Crippen molar-refractivity contribution in [1.82, 2.24) is 14.5 Å². The van der Waals surface area contributed by atoms with Gasteiger partial charge < -0.3 is 4.98 Å². The van der Waals surface area contributed by atoms with E-state index < -0.39 is 0 Å². The Balaban J connectivity index is 1.74. The fourth-order valence-corrected chi connectivity index (χ4v) is 4.48. The maximum absolute atomic E-state index is 12.7. The lowest BCUT2D eigenvalue weighted by Gasteiger charge is -2.06. The van der Waals surface area contributed by atoms with E-state index in [1.165, 1.54) is 0 Å². The van der Waals surface area contributed by atoms with Gasteiger partial charge in [-0.3, -0.25) is 9.36 Å². The minimum Gasteiger partial charge on any atom is -0.332 e. The van der Waals surface area contributed by atoms with E-state index >= 15 is 0 Å². The lowest BCUT2D eigenvalue weighted by Crippen LogP contribution is -2.22. The number of thiophene rings is 1. The number of hydrogen-bond donors (Lipinski definition) is 1. The minimum atomic E-state index is -0.0613. The molecule has 0 fully saturated rings. The van der Waals surface area contributed by atoms with Gasteiger partial charge >= 0.3 is 0 Å². The van der Waals surface area contributed by atoms with Crippen molar-refractivity contribution < 1.29 is 0 Å². The van der Waals surface area contributed by atoms with Gasteiger partial charge in [0, 0.05) is 10.3 Å². The fraction of sp³-hybridized carbons (Fsp3) is 0.118. The molecule has 0 unspecified atom stereocenters. The number of aromatic nitrogens is 3. The maximum Gasteiger partial charge on any atom is 0.262 e. The van der Waals surface area contributed by atoms with E-state index in [0.717, 1.165) is 26.0 Å². The molecular weight excluding hydrogens is 358 g/mol. The molecule has 24 heavy (non-hydrogen) atoms. The summed E-state index contributed by atoms with van der Waals surface area (Å²) in [6.07, 6.45) is 0. The Labute approximate surface area is 151 Å². The minimum absolute atomic E-state index is 0.0613. The SMILES string of the molecule is Cc1nc(-c2ccc(Cn3c(=S)[nH]c4ccccc4c3=O)s2)cs1. The first-order chi connectivity index (χ1) is 11.6. The van der Waals surface area contributed by atoms with E-state index in [0.29, 0.717) is 16.7 Å². The third-order valence-corrected chi connectivity index (χ3v) is 5.92. The number of fused-ring (bicyclic) bond motifs is 1. The van der Waals surface area contributed by atoms with Crippen molar-refractivity contribution in [2.45, 2.75) is 13.5 Å². The Morgan fingerprint density at radius 3 is 2.88 bits per heavy atom. The summed E-state index contributed by atoms with van der Waals surface area (Å²) in [6.45, 7) is 2.46. The highest BCUT2D eigenvalue weighted by Gasteiger charge is 2.09. The summed E-state index contributed by atoms with van der Waals surface area (Å²) >= 11 is 8.65. The van der Waals surface area contributed by atoms with Crippen LogP contribution in [-0.2, 0) is 6.54 Å². The molecule has 1 N–H and O–H groups in total. The molecule has 3 aromatic heterocycles. The molecule has 0 aliphatic carbocycles. The smallest absolute Gasteiger partial charge is 0.262 e. The number of nitrogens with one attached hydrogen (secondary N) is 1. The Bertz CT molecular complexity index is 1150. The van der Waals surface area contributed by atoms with E-state index in [1.54, 1.807) is 27.2 Å². The summed E-state index contributed by atoms with van der Waals surface area (Å²) < 4.78 is 2.05. The number of H-pyrrole nitrogens is 1. The van der Waals surface area contributed by atoms with Crippen LogP contribution < -0.4 is 5.56 Å². The van der Waals surface area contributed by atoms with Crippen LogP contribution in [0.2, 0.25) is 0 Å². The van der Waals surface area contributed by atoms with Crippen LogP contribution in [0.15, 0.2) is 46.6 Å². The highest BCUT2D eigenvalue weighted by atomic mass is 32.1. The molecule has 0 atom stereocenters. The molecule has 1 aromatic carbocycles. The molecule has 0 saturated carbocycles. The first-order valence-corrected chi connectivity index (χ1v) is 9.45. The van der Waals surface area contributed by atoms with E-state index in [1.807, 2.05) is 43.3 Å². The van der Waals surface area contributed by atoms with Crippen LogP contribution in [-0.4, -0.2) is 14.5 Å². The van der Waals surface area contributed by atoms with Gasteiger partial charge in [-0.25, -0.2) is 4.98 Å². The molecule has 7 heteroatoms. The van der Waals surface area contributed by atoms with Crippen LogP contribution in [0.4, 0.5) is 0 Å². The van der Waals surface area contributed by atoms with Crippen molar-refractivity contribution in [2.75, 3.05) is 0 Å². The van der Waals surface area contributed by atoms with Gasteiger partial charge in [0.2, 0.25) is 0 Å². The predicted octanol–water partition coefficient (Wildman–Crippen LogP) is 4.60. The van der Waals surface area contributed by atoms with Crippen molar-refractivity contribution in [3.8, 4) is 10.6 Å². The summed E-state index contributed by atoms with van der Waals surface area (Å²) in [5.41, 5.74) is 1.70. The first-order valence-electron chi connectivity index (χ1n) is 7.35. The van der Waals surface area contributed by atoms with Gasteiger partial charge in [0.15, 0.2) is 4.77 Å². The topological polar surface area (TPSA) is 50.7 Å². The molecule has 0 amide bonds. The van der Waals surface area contributed by atoms with Crippen molar-refractivity contribution in [3.05, 3.63) is 66.8 Å². The van der Waals surface area contributed by atoms with E-state index in [2.05, 4.69) is 15.3 Å². The second-order valence-corrected chi connectivity index (χ2v) is 8.00. The second kappa shape index (κ2) is 6.08. The van der Waals surface area contributed by atoms with Crippen LogP contribution >= 0.6 is 34.9 Å². The number of aromatic amines is 1. The number of hydrogen-bond acceptors (Lipinski definition) is 5. The van der Waals surface area contributed by atoms with Gasteiger partial charge in [-0.05, 0) is 43.4 Å². The Morgan fingerprint density at radius 1 is 1.25 bits per heavy atom. The zero-order valence-corrected chi connectivity index (χ0v) is 15.2. The monoisotopic (exact) mass is 371 g/mol. The van der Waals surface area contributed by atoms with Crippen LogP contribution in [0.3, 0.4) is 0 Å². The Hall–Kier alpha value is -2.09. The molecule has 0 spiro atoms. The van der Waals surface area contributed by atoms with Gasteiger partial charge in [-0.15, -0.1) is 22.7 Å². The number of para-hydroxylation sites is 1. The lowest BCUT2D eigenvalue weighted by atomic mass is 10.2. The number of benzene rings is 1. The number of rotatable bonds is 3. The largest absolute Gasteiger partial charge is 0.332 e. The van der Waals surface area contributed by atoms with E-state index in [4.69, 9.17) is 12.2 Å². The van der Waals surface area contributed by atoms with Gasteiger partial charge in [0.1, 0.15) is 0 Å². The average Bonchev–Trinajstić information content (AvgIpc) is 3.20. The van der Waals surface area contributed by atoms with E-state index in [9.17, 15) is 4.79 Å². The molecule has 4 aromatic rings. The molecule has 0 radical (unpaired) electrons. The van der Waals surface area contributed by atoms with Crippen molar-refractivity contribution in [1.29, 1.82) is 0 Å². The molecule has 4 rings (SSSR count). The van der Waals surface area contributed by atoms with E-state index in [-0.39, 0.29) is 5.56 Å². The van der Waals surface area contributed by atoms with Crippen molar-refractivity contribution in [2.24, 2.45) is 0 Å². The predicted molar refractivity (Wildman–Crippen MR) is 103 cm³/mol. The van der Waals surface area contributed by atoms with Gasteiger partial charge in [0.25, 0.3) is 5.56 Å². The third kappa shape index (κ3) is 2.75. The highest BCUT2D eigenvalue weighted by Crippen LogP contribution is 2.29. The zero-order chi connectivity index (χ0) is 16.7. The van der Waals surface area contributed by atoms with Crippen LogP contribution in [0.25, 0.3) is 21.5 Å². The molecule has 0 aliphatic heterocycles. The van der Waals surface area contributed by atoms with Crippen molar-refractivity contribution in [3.63, 3.8) is 0 Å². The molecule has 4 nitrogen and oxygen atoms in total. The molecule has 0 aliphatic rings. The normalized spacial score (nSPS) is 11.2. The maximum atomic E-state index is 12.7. The first kappa shape index (κ1) is 15.4. The zero-order valence-electron chi connectivity index (χ0n) is 12.8. The van der Waals surface area contributed by atoms with Crippen LogP contribution in [0, 0.1) is 11.7 Å². The summed E-state index contributed by atoms with van der Waals surface area (Å²) in [5.74, 6) is 0. The van der Waals surface area contributed by atoms with Gasteiger partial charge in [0.05, 0.1) is 33.0 Å². The molecule has 3 heterocycles. The summed E-state index contributed by atoms with van der Waals surface area (Å²) in [7, 11) is 0. The van der Waals surface area contributed by atoms with Crippen molar-refractivity contribution >= 4 is 45.8 Å². The Morgan fingerprint density at radius 2 is 2.08 bits per heavy atom. The van der Waals surface area contributed by atoms with Crippen LogP contribution in [0.5, 0.6) is 0 Å². The number of aryl methyl sites for hydroxylation is 1. The quantitative estimate of drug-likeness (QED) is 0.536. The third-order valence-electron chi connectivity index (χ3n) is 3.74. The number of thiazole rings is 1. The average molecular weight is 372 g/mol. The Kier molecular flexibility index (Phi) is 3.91. The molecule has 0 bridgehead atoms. The summed E-state index contributed by atoms with van der Waals surface area (Å²) in [6, 6.07) is 11.5. The van der Waals surface area contributed by atoms with Crippen LogP contribution in [0.1, 0.15) is 9.88 Å². The number of nitrogens with zero attached hydrogens (tertiary/aromatic N) is 2. The van der Waals surface area contributed by atoms with Gasteiger partial charge in [-0.1, -0.05) is 12.1 Å². The standard InChI is InChI=1S/C17H13N3OS3/c1-10-18-14(9-23-10)15-7-6-11(24-15)8-20-16(21)12-4-2-3-5-13(12)19-17(20)22/h2-7,9H,8H2,1H3,(H,19,22). The lowest BCUT2D eigenvalue weighted by molar-refractivity contribution is 0.743. The molecule has 0 saturated heterocycles.